The Bertz CT molecular complexity index is 480. The average Bonchev–Trinajstić information content (AvgIpc) is 2.69. The number of nitrogens with one attached hydrogen (secondary N) is 1. The molecular formula is C13H14N2O2. The number of imide groups is 1. The summed E-state index contributed by atoms with van der Waals surface area (Å²) in [4.78, 5) is 24.9. The zero-order valence-electron chi connectivity index (χ0n) is 9.53. The number of hydrogen-bond donors (Lipinski definition) is 1. The number of carbonyl (C=O) groups is 2. The van der Waals surface area contributed by atoms with E-state index in [2.05, 4.69) is 5.32 Å². The van der Waals surface area contributed by atoms with Crippen LogP contribution in [0.4, 0.5) is 11.4 Å². The minimum Gasteiger partial charge on any atom is -0.385 e. The van der Waals surface area contributed by atoms with E-state index in [1.165, 1.54) is 4.90 Å². The van der Waals surface area contributed by atoms with Gasteiger partial charge in [-0.05, 0) is 30.5 Å². The molecule has 0 unspecified atom stereocenters. The fourth-order valence-electron chi connectivity index (χ4n) is 2.55. The molecule has 2 aliphatic heterocycles. The second kappa shape index (κ2) is 3.87. The molecule has 2 aliphatic rings. The van der Waals surface area contributed by atoms with Gasteiger partial charge in [-0.3, -0.25) is 14.5 Å². The quantitative estimate of drug-likeness (QED) is 0.747. The van der Waals surface area contributed by atoms with E-state index in [0.717, 1.165) is 36.3 Å². The molecule has 2 heterocycles. The zero-order valence-corrected chi connectivity index (χ0v) is 9.53. The van der Waals surface area contributed by atoms with Crippen LogP contribution in [0.3, 0.4) is 0 Å². The third kappa shape index (κ3) is 1.60. The number of rotatable bonds is 1. The summed E-state index contributed by atoms with van der Waals surface area (Å²) in [6.07, 6.45) is 2.65. The van der Waals surface area contributed by atoms with Crippen molar-refractivity contribution in [2.75, 3.05) is 16.8 Å². The van der Waals surface area contributed by atoms with Crippen molar-refractivity contribution in [2.24, 2.45) is 0 Å². The van der Waals surface area contributed by atoms with Crippen molar-refractivity contribution in [3.05, 3.63) is 23.8 Å². The lowest BCUT2D eigenvalue weighted by molar-refractivity contribution is -0.121. The van der Waals surface area contributed by atoms with Crippen LogP contribution >= 0.6 is 0 Å². The van der Waals surface area contributed by atoms with E-state index in [1.807, 2.05) is 18.2 Å². The lowest BCUT2D eigenvalue weighted by Crippen LogP contribution is -2.30. The largest absolute Gasteiger partial charge is 0.385 e. The number of anilines is 2. The maximum absolute atomic E-state index is 11.8. The summed E-state index contributed by atoms with van der Waals surface area (Å²) in [5, 5.41) is 3.31. The Balaban J connectivity index is 2.08. The van der Waals surface area contributed by atoms with Gasteiger partial charge in [-0.1, -0.05) is 6.07 Å². The minimum absolute atomic E-state index is 0.0750. The van der Waals surface area contributed by atoms with E-state index in [4.69, 9.17) is 0 Å². The molecule has 88 valence electrons. The van der Waals surface area contributed by atoms with Gasteiger partial charge in [0.05, 0.1) is 5.69 Å². The monoisotopic (exact) mass is 230 g/mol. The summed E-state index contributed by atoms with van der Waals surface area (Å²) >= 11 is 0. The van der Waals surface area contributed by atoms with Gasteiger partial charge in [-0.2, -0.15) is 0 Å². The Morgan fingerprint density at radius 3 is 2.59 bits per heavy atom. The SMILES string of the molecule is O=C1CCC(=O)N1c1cccc2c1CCCN2. The molecule has 0 atom stereocenters. The molecule has 0 spiro atoms. The highest BCUT2D eigenvalue weighted by Crippen LogP contribution is 2.33. The van der Waals surface area contributed by atoms with Gasteiger partial charge in [0.25, 0.3) is 0 Å². The Hall–Kier alpha value is -1.84. The number of nitrogens with zero attached hydrogens (tertiary/aromatic N) is 1. The summed E-state index contributed by atoms with van der Waals surface area (Å²) in [7, 11) is 0. The maximum Gasteiger partial charge on any atom is 0.234 e. The standard InChI is InChI=1S/C13H14N2O2/c16-12-6-7-13(17)15(12)11-5-1-4-10-9(11)3-2-8-14-10/h1,4-5,14H,2-3,6-8H2. The van der Waals surface area contributed by atoms with E-state index in [-0.39, 0.29) is 11.8 Å². The number of carbonyl (C=O) groups excluding carboxylic acids is 2. The Morgan fingerprint density at radius 2 is 1.82 bits per heavy atom. The number of hydrogen-bond acceptors (Lipinski definition) is 3. The molecule has 2 amide bonds. The van der Waals surface area contributed by atoms with Gasteiger partial charge < -0.3 is 5.32 Å². The molecule has 1 N–H and O–H groups in total. The van der Waals surface area contributed by atoms with Crippen LogP contribution in [0, 0.1) is 0 Å². The van der Waals surface area contributed by atoms with Crippen LogP contribution in [-0.2, 0) is 16.0 Å². The van der Waals surface area contributed by atoms with Crippen molar-refractivity contribution < 1.29 is 9.59 Å². The number of fused-ring (bicyclic) bond motifs is 1. The van der Waals surface area contributed by atoms with E-state index < -0.39 is 0 Å². The number of benzene rings is 1. The van der Waals surface area contributed by atoms with Crippen molar-refractivity contribution in [1.82, 2.24) is 0 Å². The van der Waals surface area contributed by atoms with Gasteiger partial charge in [0.1, 0.15) is 0 Å². The second-order valence-corrected chi connectivity index (χ2v) is 4.46. The molecule has 1 aromatic rings. The third-order valence-corrected chi connectivity index (χ3v) is 3.36. The Labute approximate surface area is 99.6 Å². The van der Waals surface area contributed by atoms with Gasteiger partial charge in [-0.15, -0.1) is 0 Å². The fourth-order valence-corrected chi connectivity index (χ4v) is 2.55. The van der Waals surface area contributed by atoms with E-state index in [1.54, 1.807) is 0 Å². The summed E-state index contributed by atoms with van der Waals surface area (Å²) in [6, 6.07) is 5.77. The highest BCUT2D eigenvalue weighted by atomic mass is 16.2. The zero-order chi connectivity index (χ0) is 11.8. The van der Waals surface area contributed by atoms with Crippen molar-refractivity contribution in [3.63, 3.8) is 0 Å². The molecule has 0 bridgehead atoms. The van der Waals surface area contributed by atoms with Crippen LogP contribution in [0.1, 0.15) is 24.8 Å². The first-order valence-corrected chi connectivity index (χ1v) is 5.99. The molecule has 0 radical (unpaired) electrons. The predicted octanol–water partition coefficient (Wildman–Crippen LogP) is 1.70. The van der Waals surface area contributed by atoms with Crippen molar-refractivity contribution >= 4 is 23.2 Å². The fraction of sp³-hybridized carbons (Fsp3) is 0.385. The second-order valence-electron chi connectivity index (χ2n) is 4.46. The van der Waals surface area contributed by atoms with Crippen LogP contribution in [0.2, 0.25) is 0 Å². The molecule has 1 saturated heterocycles. The third-order valence-electron chi connectivity index (χ3n) is 3.36. The molecule has 0 aromatic heterocycles. The molecule has 4 heteroatoms. The van der Waals surface area contributed by atoms with Crippen LogP contribution < -0.4 is 10.2 Å². The molecule has 0 saturated carbocycles. The first kappa shape index (κ1) is 10.3. The molecular weight excluding hydrogens is 216 g/mol. The van der Waals surface area contributed by atoms with E-state index in [9.17, 15) is 9.59 Å². The van der Waals surface area contributed by atoms with Crippen molar-refractivity contribution in [1.29, 1.82) is 0 Å². The first-order chi connectivity index (χ1) is 8.27. The van der Waals surface area contributed by atoms with Crippen LogP contribution in [-0.4, -0.2) is 18.4 Å². The maximum atomic E-state index is 11.8. The summed E-state index contributed by atoms with van der Waals surface area (Å²) in [5.74, 6) is -0.150. The molecule has 1 fully saturated rings. The predicted molar refractivity (Wildman–Crippen MR) is 65.0 cm³/mol. The lowest BCUT2D eigenvalue weighted by atomic mass is 10.0. The molecule has 0 aliphatic carbocycles. The number of amides is 2. The van der Waals surface area contributed by atoms with Crippen LogP contribution in [0.25, 0.3) is 0 Å². The van der Waals surface area contributed by atoms with Gasteiger partial charge in [-0.25, -0.2) is 0 Å². The summed E-state index contributed by atoms with van der Waals surface area (Å²) < 4.78 is 0. The summed E-state index contributed by atoms with van der Waals surface area (Å²) in [6.45, 7) is 0.957. The molecule has 1 aromatic carbocycles. The topological polar surface area (TPSA) is 49.4 Å². The van der Waals surface area contributed by atoms with Gasteiger partial charge in [0, 0.05) is 25.1 Å². The normalized spacial score (nSPS) is 19.2. The highest BCUT2D eigenvalue weighted by molar-refractivity contribution is 6.20. The van der Waals surface area contributed by atoms with Crippen molar-refractivity contribution in [2.45, 2.75) is 25.7 Å². The Morgan fingerprint density at radius 1 is 1.06 bits per heavy atom. The van der Waals surface area contributed by atoms with Crippen molar-refractivity contribution in [3.8, 4) is 0 Å². The van der Waals surface area contributed by atoms with Gasteiger partial charge in [0.2, 0.25) is 11.8 Å². The highest BCUT2D eigenvalue weighted by Gasteiger charge is 2.32. The van der Waals surface area contributed by atoms with E-state index >= 15 is 0 Å². The summed E-state index contributed by atoms with van der Waals surface area (Å²) in [5.41, 5.74) is 2.94. The smallest absolute Gasteiger partial charge is 0.234 e. The molecule has 3 rings (SSSR count). The van der Waals surface area contributed by atoms with Gasteiger partial charge in [0.15, 0.2) is 0 Å². The van der Waals surface area contributed by atoms with E-state index in [0.29, 0.717) is 12.8 Å². The average molecular weight is 230 g/mol. The Kier molecular flexibility index (Phi) is 2.35. The van der Waals surface area contributed by atoms with Gasteiger partial charge >= 0.3 is 0 Å². The minimum atomic E-state index is -0.0750. The van der Waals surface area contributed by atoms with Crippen LogP contribution in [0.5, 0.6) is 0 Å². The lowest BCUT2D eigenvalue weighted by Gasteiger charge is -2.24. The first-order valence-electron chi connectivity index (χ1n) is 5.99. The molecule has 17 heavy (non-hydrogen) atoms. The molecule has 4 nitrogen and oxygen atoms in total. The van der Waals surface area contributed by atoms with Crippen LogP contribution in [0.15, 0.2) is 18.2 Å².